The van der Waals surface area contributed by atoms with Crippen LogP contribution in [-0.2, 0) is 9.53 Å². The SMILES string of the molecule is CC[C@@]12CCCC=C[C@@H]1OC(=O)C2. The summed E-state index contributed by atoms with van der Waals surface area (Å²) < 4.78 is 5.31. The summed E-state index contributed by atoms with van der Waals surface area (Å²) in [5.74, 6) is -0.0154. The highest BCUT2D eigenvalue weighted by atomic mass is 16.6. The Balaban J connectivity index is 2.26. The number of esters is 1. The highest BCUT2D eigenvalue weighted by Crippen LogP contribution is 2.45. The van der Waals surface area contributed by atoms with Crippen molar-refractivity contribution in [2.24, 2.45) is 5.41 Å². The molecule has 72 valence electrons. The Morgan fingerprint density at radius 2 is 2.54 bits per heavy atom. The molecule has 2 atom stereocenters. The Morgan fingerprint density at radius 1 is 1.69 bits per heavy atom. The van der Waals surface area contributed by atoms with Crippen molar-refractivity contribution in [2.75, 3.05) is 0 Å². The summed E-state index contributed by atoms with van der Waals surface area (Å²) in [5, 5.41) is 0. The van der Waals surface area contributed by atoms with Gasteiger partial charge < -0.3 is 4.74 Å². The van der Waals surface area contributed by atoms with Crippen molar-refractivity contribution in [2.45, 2.75) is 45.1 Å². The number of carbonyl (C=O) groups is 1. The van der Waals surface area contributed by atoms with Crippen LogP contribution in [0.2, 0.25) is 0 Å². The van der Waals surface area contributed by atoms with E-state index >= 15 is 0 Å². The Hall–Kier alpha value is -0.790. The fourth-order valence-corrected chi connectivity index (χ4v) is 2.47. The van der Waals surface area contributed by atoms with Crippen molar-refractivity contribution in [3.8, 4) is 0 Å². The monoisotopic (exact) mass is 180 g/mol. The molecule has 0 aromatic heterocycles. The van der Waals surface area contributed by atoms with Crippen molar-refractivity contribution in [3.63, 3.8) is 0 Å². The molecule has 0 saturated carbocycles. The Morgan fingerprint density at radius 3 is 3.31 bits per heavy atom. The number of ether oxygens (including phenoxy) is 1. The largest absolute Gasteiger partial charge is 0.457 e. The highest BCUT2D eigenvalue weighted by Gasteiger charge is 2.46. The lowest BCUT2D eigenvalue weighted by molar-refractivity contribution is -0.140. The molecule has 1 saturated heterocycles. The molecule has 0 aromatic rings. The first-order chi connectivity index (χ1) is 6.27. The molecule has 0 amide bonds. The van der Waals surface area contributed by atoms with E-state index in [9.17, 15) is 4.79 Å². The first-order valence-corrected chi connectivity index (χ1v) is 5.13. The zero-order valence-electron chi connectivity index (χ0n) is 8.08. The smallest absolute Gasteiger partial charge is 0.307 e. The van der Waals surface area contributed by atoms with E-state index in [-0.39, 0.29) is 17.5 Å². The minimum atomic E-state index is -0.0154. The van der Waals surface area contributed by atoms with E-state index < -0.39 is 0 Å². The van der Waals surface area contributed by atoms with Gasteiger partial charge in [-0.3, -0.25) is 4.79 Å². The van der Waals surface area contributed by atoms with Gasteiger partial charge in [-0.2, -0.15) is 0 Å². The standard InChI is InChI=1S/C11H16O2/c1-2-11-7-5-3-4-6-9(11)13-10(12)8-11/h4,6,9H,2-3,5,7-8H2,1H3/t9-,11-/m0/s1. The second-order valence-electron chi connectivity index (χ2n) is 4.12. The summed E-state index contributed by atoms with van der Waals surface area (Å²) in [7, 11) is 0. The lowest BCUT2D eigenvalue weighted by Gasteiger charge is -2.28. The summed E-state index contributed by atoms with van der Waals surface area (Å²) in [6, 6.07) is 0. The van der Waals surface area contributed by atoms with E-state index in [4.69, 9.17) is 4.74 Å². The van der Waals surface area contributed by atoms with Crippen LogP contribution < -0.4 is 0 Å². The molecular formula is C11H16O2. The molecule has 0 bridgehead atoms. The van der Waals surface area contributed by atoms with E-state index in [1.807, 2.05) is 0 Å². The zero-order valence-corrected chi connectivity index (χ0v) is 8.08. The number of fused-ring (bicyclic) bond motifs is 1. The van der Waals surface area contributed by atoms with Crippen LogP contribution in [0.1, 0.15) is 39.0 Å². The molecule has 2 heteroatoms. The predicted molar refractivity (Wildman–Crippen MR) is 50.2 cm³/mol. The molecule has 1 aliphatic heterocycles. The molecule has 1 heterocycles. The van der Waals surface area contributed by atoms with Crippen molar-refractivity contribution in [3.05, 3.63) is 12.2 Å². The molecule has 0 radical (unpaired) electrons. The molecule has 2 nitrogen and oxygen atoms in total. The van der Waals surface area contributed by atoms with Crippen molar-refractivity contribution < 1.29 is 9.53 Å². The molecule has 2 aliphatic rings. The molecule has 0 unspecified atom stereocenters. The first kappa shape index (κ1) is 8.79. The minimum absolute atomic E-state index is 0.0154. The Labute approximate surface area is 79.0 Å². The van der Waals surface area contributed by atoms with Gasteiger partial charge in [-0.25, -0.2) is 0 Å². The molecule has 0 N–H and O–H groups in total. The van der Waals surface area contributed by atoms with E-state index in [0.717, 1.165) is 19.3 Å². The van der Waals surface area contributed by atoms with Gasteiger partial charge >= 0.3 is 5.97 Å². The maximum atomic E-state index is 11.2. The second-order valence-corrected chi connectivity index (χ2v) is 4.12. The summed E-state index contributed by atoms with van der Waals surface area (Å²) in [6.45, 7) is 2.16. The van der Waals surface area contributed by atoms with Crippen LogP contribution >= 0.6 is 0 Å². The van der Waals surface area contributed by atoms with Crippen molar-refractivity contribution in [1.29, 1.82) is 0 Å². The molecule has 13 heavy (non-hydrogen) atoms. The van der Waals surface area contributed by atoms with Gasteiger partial charge in [-0.1, -0.05) is 13.0 Å². The van der Waals surface area contributed by atoms with Crippen LogP contribution in [0.4, 0.5) is 0 Å². The molecular weight excluding hydrogens is 164 g/mol. The average Bonchev–Trinajstić information content (AvgIpc) is 2.30. The lowest BCUT2D eigenvalue weighted by atomic mass is 9.75. The van der Waals surface area contributed by atoms with E-state index in [0.29, 0.717) is 6.42 Å². The van der Waals surface area contributed by atoms with Crippen molar-refractivity contribution in [1.82, 2.24) is 0 Å². The van der Waals surface area contributed by atoms with Gasteiger partial charge in [-0.05, 0) is 31.8 Å². The van der Waals surface area contributed by atoms with Crippen LogP contribution in [0.25, 0.3) is 0 Å². The topological polar surface area (TPSA) is 26.3 Å². The van der Waals surface area contributed by atoms with Crippen LogP contribution in [0.15, 0.2) is 12.2 Å². The quantitative estimate of drug-likeness (QED) is 0.457. The number of allylic oxidation sites excluding steroid dienone is 1. The molecule has 2 rings (SSSR count). The minimum Gasteiger partial charge on any atom is -0.457 e. The van der Waals surface area contributed by atoms with Gasteiger partial charge in [0, 0.05) is 5.41 Å². The first-order valence-electron chi connectivity index (χ1n) is 5.13. The summed E-state index contributed by atoms with van der Waals surface area (Å²) in [6.07, 6.45) is 9.43. The Bertz CT molecular complexity index is 244. The molecule has 1 aliphatic carbocycles. The van der Waals surface area contributed by atoms with Gasteiger partial charge in [0.2, 0.25) is 0 Å². The predicted octanol–water partition coefficient (Wildman–Crippen LogP) is 2.44. The molecule has 0 spiro atoms. The highest BCUT2D eigenvalue weighted by molar-refractivity contribution is 5.73. The maximum absolute atomic E-state index is 11.2. The number of carbonyl (C=O) groups excluding carboxylic acids is 1. The maximum Gasteiger partial charge on any atom is 0.307 e. The van der Waals surface area contributed by atoms with E-state index in [1.54, 1.807) is 0 Å². The van der Waals surface area contributed by atoms with Crippen LogP contribution in [0.5, 0.6) is 0 Å². The third kappa shape index (κ3) is 1.38. The summed E-state index contributed by atoms with van der Waals surface area (Å²) in [4.78, 5) is 11.2. The van der Waals surface area contributed by atoms with Gasteiger partial charge in [0.15, 0.2) is 0 Å². The van der Waals surface area contributed by atoms with Gasteiger partial charge in [0.1, 0.15) is 6.10 Å². The normalized spacial score (nSPS) is 38.2. The summed E-state index contributed by atoms with van der Waals surface area (Å²) in [5.41, 5.74) is 0.129. The second kappa shape index (κ2) is 3.17. The fraction of sp³-hybridized carbons (Fsp3) is 0.727. The fourth-order valence-electron chi connectivity index (χ4n) is 2.47. The zero-order chi connectivity index (χ0) is 9.31. The van der Waals surface area contributed by atoms with Crippen molar-refractivity contribution >= 4 is 5.97 Å². The van der Waals surface area contributed by atoms with Crippen LogP contribution in [0.3, 0.4) is 0 Å². The van der Waals surface area contributed by atoms with Gasteiger partial charge in [-0.15, -0.1) is 0 Å². The average molecular weight is 180 g/mol. The lowest BCUT2D eigenvalue weighted by Crippen LogP contribution is -2.27. The third-order valence-corrected chi connectivity index (χ3v) is 3.42. The van der Waals surface area contributed by atoms with Crippen LogP contribution in [-0.4, -0.2) is 12.1 Å². The number of hydrogen-bond donors (Lipinski definition) is 0. The molecule has 0 aromatic carbocycles. The van der Waals surface area contributed by atoms with E-state index in [1.165, 1.54) is 6.42 Å². The Kier molecular flexibility index (Phi) is 2.14. The van der Waals surface area contributed by atoms with Gasteiger partial charge in [0.25, 0.3) is 0 Å². The number of rotatable bonds is 1. The summed E-state index contributed by atoms with van der Waals surface area (Å²) >= 11 is 0. The number of hydrogen-bond acceptors (Lipinski definition) is 2. The van der Waals surface area contributed by atoms with Crippen LogP contribution in [0, 0.1) is 5.41 Å². The molecule has 1 fully saturated rings. The third-order valence-electron chi connectivity index (χ3n) is 3.42. The van der Waals surface area contributed by atoms with Gasteiger partial charge in [0.05, 0.1) is 6.42 Å². The van der Waals surface area contributed by atoms with E-state index in [2.05, 4.69) is 19.1 Å².